The van der Waals surface area contributed by atoms with Gasteiger partial charge in [0.25, 0.3) is 0 Å². The molecular weight excluding hydrogens is 234 g/mol. The van der Waals surface area contributed by atoms with Crippen LogP contribution in [0.3, 0.4) is 0 Å². The van der Waals surface area contributed by atoms with Gasteiger partial charge in [0.15, 0.2) is 0 Å². The lowest BCUT2D eigenvalue weighted by Gasteiger charge is -2.20. The minimum absolute atomic E-state index is 0.706. The molecule has 0 aromatic heterocycles. The number of anilines is 1. The largest absolute Gasteiger partial charge is 0.374 e. The molecule has 0 spiro atoms. The molecule has 3 nitrogen and oxygen atoms in total. The third kappa shape index (κ3) is 3.97. The second-order valence-electron chi connectivity index (χ2n) is 5.39. The Morgan fingerprint density at radius 3 is 2.84 bits per heavy atom. The summed E-state index contributed by atoms with van der Waals surface area (Å²) in [5, 5.41) is 12.8. The summed E-state index contributed by atoms with van der Waals surface area (Å²) in [6.07, 6.45) is 4.92. The van der Waals surface area contributed by atoms with Gasteiger partial charge in [-0.1, -0.05) is 19.4 Å². The summed E-state index contributed by atoms with van der Waals surface area (Å²) in [6.45, 7) is 4.06. The Kier molecular flexibility index (Phi) is 4.81. The smallest absolute Gasteiger partial charge is 0.101 e. The van der Waals surface area contributed by atoms with Gasteiger partial charge in [0.05, 0.1) is 11.3 Å². The number of unbranched alkanes of at least 4 members (excludes halogenated alkanes) is 1. The van der Waals surface area contributed by atoms with Crippen molar-refractivity contribution in [2.45, 2.75) is 45.2 Å². The Morgan fingerprint density at radius 2 is 2.21 bits per heavy atom. The van der Waals surface area contributed by atoms with Crippen molar-refractivity contribution in [1.29, 1.82) is 5.26 Å². The Hall–Kier alpha value is -1.53. The standard InChI is InChI=1S/C16H23N3/c1-3-4-9-19(2)16-8-5-13(10-14(16)11-17)12-18-15-6-7-15/h5,8,10,15,18H,3-4,6-7,9,12H2,1-2H3. The summed E-state index contributed by atoms with van der Waals surface area (Å²) in [5.74, 6) is 0. The first-order chi connectivity index (χ1) is 9.24. The maximum Gasteiger partial charge on any atom is 0.101 e. The van der Waals surface area contributed by atoms with Crippen LogP contribution in [0, 0.1) is 11.3 Å². The zero-order chi connectivity index (χ0) is 13.7. The molecule has 1 aliphatic carbocycles. The predicted molar refractivity (Wildman–Crippen MR) is 79.2 cm³/mol. The molecule has 0 bridgehead atoms. The molecule has 1 aliphatic rings. The average molecular weight is 257 g/mol. The fourth-order valence-corrected chi connectivity index (χ4v) is 2.18. The van der Waals surface area contributed by atoms with Gasteiger partial charge in [-0.25, -0.2) is 0 Å². The van der Waals surface area contributed by atoms with Crippen LogP contribution < -0.4 is 10.2 Å². The van der Waals surface area contributed by atoms with Crippen LogP contribution >= 0.6 is 0 Å². The quantitative estimate of drug-likeness (QED) is 0.816. The second-order valence-corrected chi connectivity index (χ2v) is 5.39. The molecule has 1 saturated carbocycles. The summed E-state index contributed by atoms with van der Waals surface area (Å²) in [5.41, 5.74) is 3.04. The molecule has 0 atom stereocenters. The maximum atomic E-state index is 9.31. The number of hydrogen-bond acceptors (Lipinski definition) is 3. The van der Waals surface area contributed by atoms with Crippen LogP contribution in [0.15, 0.2) is 18.2 Å². The van der Waals surface area contributed by atoms with E-state index < -0.39 is 0 Å². The summed E-state index contributed by atoms with van der Waals surface area (Å²) in [7, 11) is 2.06. The van der Waals surface area contributed by atoms with Crippen molar-refractivity contribution in [1.82, 2.24) is 5.32 Å². The van der Waals surface area contributed by atoms with E-state index in [0.717, 1.165) is 30.8 Å². The average Bonchev–Trinajstić information content (AvgIpc) is 3.26. The Labute approximate surface area is 116 Å². The van der Waals surface area contributed by atoms with E-state index in [1.54, 1.807) is 0 Å². The van der Waals surface area contributed by atoms with Crippen LogP contribution in [-0.2, 0) is 6.54 Å². The highest BCUT2D eigenvalue weighted by atomic mass is 15.1. The zero-order valence-corrected chi connectivity index (χ0v) is 11.9. The zero-order valence-electron chi connectivity index (χ0n) is 11.9. The van der Waals surface area contributed by atoms with Gasteiger partial charge in [-0.05, 0) is 37.0 Å². The first-order valence-electron chi connectivity index (χ1n) is 7.22. The molecule has 1 aromatic carbocycles. The minimum atomic E-state index is 0.706. The predicted octanol–water partition coefficient (Wildman–Crippen LogP) is 3.05. The fourth-order valence-electron chi connectivity index (χ4n) is 2.18. The third-order valence-corrected chi connectivity index (χ3v) is 3.61. The molecule has 1 fully saturated rings. The molecule has 2 rings (SSSR count). The van der Waals surface area contributed by atoms with E-state index in [4.69, 9.17) is 0 Å². The van der Waals surface area contributed by atoms with E-state index in [2.05, 4.69) is 42.4 Å². The van der Waals surface area contributed by atoms with Gasteiger partial charge in [-0.15, -0.1) is 0 Å². The van der Waals surface area contributed by atoms with Crippen LogP contribution in [0.1, 0.15) is 43.7 Å². The van der Waals surface area contributed by atoms with Gasteiger partial charge in [0.1, 0.15) is 6.07 Å². The number of benzene rings is 1. The minimum Gasteiger partial charge on any atom is -0.374 e. The molecule has 102 valence electrons. The first-order valence-corrected chi connectivity index (χ1v) is 7.22. The van der Waals surface area contributed by atoms with E-state index in [1.807, 2.05) is 6.07 Å². The Balaban J connectivity index is 2.04. The number of nitrogens with zero attached hydrogens (tertiary/aromatic N) is 2. The van der Waals surface area contributed by atoms with Crippen molar-refractivity contribution < 1.29 is 0 Å². The second kappa shape index (κ2) is 6.58. The Bertz CT molecular complexity index is 458. The normalized spacial score (nSPS) is 14.2. The van der Waals surface area contributed by atoms with Crippen LogP contribution in [0.5, 0.6) is 0 Å². The van der Waals surface area contributed by atoms with Crippen LogP contribution in [0.4, 0.5) is 5.69 Å². The highest BCUT2D eigenvalue weighted by molar-refractivity contribution is 5.60. The van der Waals surface area contributed by atoms with Gasteiger partial charge in [-0.2, -0.15) is 5.26 Å². The van der Waals surface area contributed by atoms with Gasteiger partial charge < -0.3 is 10.2 Å². The van der Waals surface area contributed by atoms with E-state index in [1.165, 1.54) is 24.8 Å². The lowest BCUT2D eigenvalue weighted by Crippen LogP contribution is -2.20. The van der Waals surface area contributed by atoms with Crippen molar-refractivity contribution in [3.05, 3.63) is 29.3 Å². The molecular formula is C16H23N3. The first kappa shape index (κ1) is 13.9. The van der Waals surface area contributed by atoms with Crippen molar-refractivity contribution in [2.24, 2.45) is 0 Å². The number of hydrogen-bond donors (Lipinski definition) is 1. The van der Waals surface area contributed by atoms with Gasteiger partial charge in [0, 0.05) is 26.2 Å². The van der Waals surface area contributed by atoms with Crippen molar-refractivity contribution in [3.8, 4) is 6.07 Å². The highest BCUT2D eigenvalue weighted by Gasteiger charge is 2.20. The maximum absolute atomic E-state index is 9.31. The van der Waals surface area contributed by atoms with Crippen LogP contribution in [0.25, 0.3) is 0 Å². The third-order valence-electron chi connectivity index (χ3n) is 3.61. The Morgan fingerprint density at radius 1 is 1.42 bits per heavy atom. The van der Waals surface area contributed by atoms with Gasteiger partial charge >= 0.3 is 0 Å². The fraction of sp³-hybridized carbons (Fsp3) is 0.562. The molecule has 1 aromatic rings. The summed E-state index contributed by atoms with van der Waals surface area (Å²) in [4.78, 5) is 2.18. The van der Waals surface area contributed by atoms with E-state index in [9.17, 15) is 5.26 Å². The number of nitriles is 1. The van der Waals surface area contributed by atoms with Crippen molar-refractivity contribution >= 4 is 5.69 Å². The molecule has 0 amide bonds. The van der Waals surface area contributed by atoms with E-state index in [-0.39, 0.29) is 0 Å². The molecule has 1 N–H and O–H groups in total. The van der Waals surface area contributed by atoms with E-state index >= 15 is 0 Å². The molecule has 0 heterocycles. The summed E-state index contributed by atoms with van der Waals surface area (Å²) >= 11 is 0. The van der Waals surface area contributed by atoms with Crippen LogP contribution in [-0.4, -0.2) is 19.6 Å². The molecule has 3 heteroatoms. The van der Waals surface area contributed by atoms with Gasteiger partial charge in [0.2, 0.25) is 0 Å². The number of rotatable bonds is 7. The molecule has 0 radical (unpaired) electrons. The summed E-state index contributed by atoms with van der Waals surface area (Å²) in [6, 6.07) is 9.27. The lowest BCUT2D eigenvalue weighted by molar-refractivity contribution is 0.687. The van der Waals surface area contributed by atoms with Crippen molar-refractivity contribution in [2.75, 3.05) is 18.5 Å². The van der Waals surface area contributed by atoms with Crippen LogP contribution in [0.2, 0.25) is 0 Å². The molecule has 19 heavy (non-hydrogen) atoms. The molecule has 0 aliphatic heterocycles. The monoisotopic (exact) mass is 257 g/mol. The SMILES string of the molecule is CCCCN(C)c1ccc(CNC2CC2)cc1C#N. The van der Waals surface area contributed by atoms with E-state index in [0.29, 0.717) is 6.04 Å². The molecule has 0 saturated heterocycles. The number of nitrogens with one attached hydrogen (secondary N) is 1. The van der Waals surface area contributed by atoms with Gasteiger partial charge in [-0.3, -0.25) is 0 Å². The topological polar surface area (TPSA) is 39.1 Å². The highest BCUT2D eigenvalue weighted by Crippen LogP contribution is 2.23. The summed E-state index contributed by atoms with van der Waals surface area (Å²) < 4.78 is 0. The lowest BCUT2D eigenvalue weighted by atomic mass is 10.1. The van der Waals surface area contributed by atoms with Crippen molar-refractivity contribution in [3.63, 3.8) is 0 Å². The molecule has 0 unspecified atom stereocenters.